The summed E-state index contributed by atoms with van der Waals surface area (Å²) in [7, 11) is -9.91. The van der Waals surface area contributed by atoms with Crippen molar-refractivity contribution in [3.8, 4) is 0 Å². The van der Waals surface area contributed by atoms with Crippen LogP contribution >= 0.6 is 15.6 Å². The molecule has 19 heteroatoms. The van der Waals surface area contributed by atoms with E-state index in [2.05, 4.69) is 34.6 Å². The number of ether oxygens (including phenoxy) is 4. The summed E-state index contributed by atoms with van der Waals surface area (Å²) in [6, 6.07) is 0. The monoisotopic (exact) mass is 1470 g/mol. The zero-order chi connectivity index (χ0) is 73.4. The van der Waals surface area contributed by atoms with Crippen LogP contribution in [0.25, 0.3) is 0 Å². The molecule has 0 aromatic carbocycles. The molecule has 2 unspecified atom stereocenters. The van der Waals surface area contributed by atoms with Crippen LogP contribution in [0, 0.1) is 5.92 Å². The predicted octanol–water partition coefficient (Wildman–Crippen LogP) is 24.4. The van der Waals surface area contributed by atoms with Gasteiger partial charge >= 0.3 is 39.5 Å². The Morgan fingerprint density at radius 3 is 0.680 bits per heavy atom. The van der Waals surface area contributed by atoms with Crippen molar-refractivity contribution in [3.05, 3.63) is 0 Å². The molecule has 0 fully saturated rings. The number of aliphatic hydroxyl groups excluding tert-OH is 1. The number of phosphoric ester groups is 2. The molecule has 0 spiro atoms. The first-order valence-electron chi connectivity index (χ1n) is 42.1. The van der Waals surface area contributed by atoms with E-state index in [1.807, 2.05) is 0 Å². The fourth-order valence-electron chi connectivity index (χ4n) is 12.6. The van der Waals surface area contributed by atoms with Gasteiger partial charge in [-0.3, -0.25) is 37.3 Å². The third kappa shape index (κ3) is 74.3. The van der Waals surface area contributed by atoms with E-state index >= 15 is 0 Å². The molecule has 0 radical (unpaired) electrons. The fraction of sp³-hybridized carbons (Fsp3) is 0.951. The highest BCUT2D eigenvalue weighted by molar-refractivity contribution is 7.47. The van der Waals surface area contributed by atoms with Gasteiger partial charge in [0.15, 0.2) is 12.2 Å². The normalized spacial score (nSPS) is 13.8. The largest absolute Gasteiger partial charge is 0.472 e. The van der Waals surface area contributed by atoms with Crippen LogP contribution in [-0.4, -0.2) is 96.7 Å². The highest BCUT2D eigenvalue weighted by atomic mass is 31.2. The van der Waals surface area contributed by atoms with E-state index < -0.39 is 97.5 Å². The second-order valence-electron chi connectivity index (χ2n) is 29.6. The molecule has 594 valence electrons. The van der Waals surface area contributed by atoms with Gasteiger partial charge in [0.05, 0.1) is 26.4 Å². The van der Waals surface area contributed by atoms with Crippen molar-refractivity contribution < 1.29 is 80.2 Å². The van der Waals surface area contributed by atoms with E-state index in [4.69, 9.17) is 37.0 Å². The average molecular weight is 1470 g/mol. The van der Waals surface area contributed by atoms with Crippen molar-refractivity contribution in [1.29, 1.82) is 0 Å². The van der Waals surface area contributed by atoms with Gasteiger partial charge in [0.2, 0.25) is 0 Å². The Kier molecular flexibility index (Phi) is 72.5. The molecule has 0 aromatic heterocycles. The summed E-state index contributed by atoms with van der Waals surface area (Å²) in [6.07, 6.45) is 65.6. The molecule has 0 saturated carbocycles. The number of aliphatic hydroxyl groups is 1. The first kappa shape index (κ1) is 98.1. The average Bonchev–Trinajstić information content (AvgIpc) is 0.953. The van der Waals surface area contributed by atoms with E-state index in [0.29, 0.717) is 31.6 Å². The lowest BCUT2D eigenvalue weighted by Crippen LogP contribution is -2.30. The Bertz CT molecular complexity index is 1910. The Hall–Kier alpha value is -1.94. The molecule has 0 aliphatic rings. The summed E-state index contributed by atoms with van der Waals surface area (Å²) in [5, 5.41) is 10.6. The van der Waals surface area contributed by atoms with Gasteiger partial charge in [0.1, 0.15) is 19.3 Å². The van der Waals surface area contributed by atoms with Crippen molar-refractivity contribution in [3.63, 3.8) is 0 Å². The minimum Gasteiger partial charge on any atom is -0.462 e. The molecule has 0 amide bonds. The van der Waals surface area contributed by atoms with Gasteiger partial charge in [0, 0.05) is 25.7 Å². The van der Waals surface area contributed by atoms with E-state index in [0.717, 1.165) is 96.3 Å². The van der Waals surface area contributed by atoms with Gasteiger partial charge < -0.3 is 33.8 Å². The Morgan fingerprint density at radius 2 is 0.460 bits per heavy atom. The molecule has 0 aliphatic carbocycles. The Morgan fingerprint density at radius 1 is 0.270 bits per heavy atom. The van der Waals surface area contributed by atoms with Gasteiger partial charge in [0.25, 0.3) is 0 Å². The first-order valence-corrected chi connectivity index (χ1v) is 45.1. The zero-order valence-electron chi connectivity index (χ0n) is 65.3. The second-order valence-corrected chi connectivity index (χ2v) is 32.5. The van der Waals surface area contributed by atoms with E-state index in [9.17, 15) is 43.2 Å². The van der Waals surface area contributed by atoms with Crippen LogP contribution in [-0.2, 0) is 65.4 Å². The lowest BCUT2D eigenvalue weighted by atomic mass is 10.0. The molecule has 17 nitrogen and oxygen atoms in total. The van der Waals surface area contributed by atoms with Gasteiger partial charge in [-0.05, 0) is 31.6 Å². The zero-order valence-corrected chi connectivity index (χ0v) is 67.1. The van der Waals surface area contributed by atoms with Crippen LogP contribution in [0.15, 0.2) is 0 Å². The molecule has 0 rings (SSSR count). The first-order chi connectivity index (χ1) is 48.5. The maximum Gasteiger partial charge on any atom is 0.472 e. The minimum absolute atomic E-state index is 0.106. The maximum absolute atomic E-state index is 13.1. The molecule has 3 N–H and O–H groups in total. The lowest BCUT2D eigenvalue weighted by molar-refractivity contribution is -0.161. The Balaban J connectivity index is 5.18. The number of rotatable bonds is 81. The summed E-state index contributed by atoms with van der Waals surface area (Å²) < 4.78 is 68.6. The number of hydrogen-bond acceptors (Lipinski definition) is 15. The van der Waals surface area contributed by atoms with Crippen LogP contribution in [0.3, 0.4) is 0 Å². The van der Waals surface area contributed by atoms with Crippen molar-refractivity contribution in [2.75, 3.05) is 39.6 Å². The number of carbonyl (C=O) groups excluding carboxylic acids is 4. The molecule has 0 saturated heterocycles. The van der Waals surface area contributed by atoms with Gasteiger partial charge in [-0.25, -0.2) is 9.13 Å². The predicted molar refractivity (Wildman–Crippen MR) is 409 cm³/mol. The van der Waals surface area contributed by atoms with Crippen LogP contribution in [0.1, 0.15) is 433 Å². The van der Waals surface area contributed by atoms with Gasteiger partial charge in [-0.2, -0.15) is 0 Å². The molecular weight excluding hydrogens is 1310 g/mol. The van der Waals surface area contributed by atoms with Crippen LogP contribution in [0.5, 0.6) is 0 Å². The standard InChI is InChI=1S/C81H158O17P2/c1-6-9-12-15-18-21-24-26-28-30-32-33-34-35-37-39-41-44-47-50-57-62-67-81(86)97-76(70-91-78(83)64-59-54-48-45-43-40-38-36-31-29-27-25-22-19-16-13-10-7-2)72-95-99(87,88)93-68-75(82)69-94-100(89,90)96-73-77(71-92-79(84)65-60-55-52-51-53-58-63-74(4)5)98-80(85)66-61-56-49-46-42-23-20-17-14-11-8-3/h74-77,82H,6-73H2,1-5H3,(H,87,88)(H,89,90)/t75-,76-,77-/m1/s1. The summed E-state index contributed by atoms with van der Waals surface area (Å²) in [5.41, 5.74) is 0. The SMILES string of the molecule is CCCCCCCCCCCCCCCCCCCCCCCCC(=O)O[C@H](COC(=O)CCCCCCCCCCCCCCCCCCCC)COP(=O)(O)OC[C@@H](O)COP(=O)(O)OC[C@@H](COC(=O)CCCCCCCCC(C)C)OC(=O)CCCCCCCCCCCCC. The number of hydrogen-bond donors (Lipinski definition) is 3. The van der Waals surface area contributed by atoms with E-state index in [1.165, 1.54) is 250 Å². The molecule has 5 atom stereocenters. The number of carbonyl (C=O) groups is 4. The molecule has 0 aliphatic heterocycles. The summed E-state index contributed by atoms with van der Waals surface area (Å²) in [4.78, 5) is 72.9. The lowest BCUT2D eigenvalue weighted by Gasteiger charge is -2.21. The van der Waals surface area contributed by atoms with Crippen LogP contribution in [0.2, 0.25) is 0 Å². The minimum atomic E-state index is -4.96. The topological polar surface area (TPSA) is 237 Å². The maximum atomic E-state index is 13.1. The van der Waals surface area contributed by atoms with Crippen molar-refractivity contribution in [2.45, 2.75) is 451 Å². The summed E-state index contributed by atoms with van der Waals surface area (Å²) >= 11 is 0. The van der Waals surface area contributed by atoms with Crippen molar-refractivity contribution >= 4 is 39.5 Å². The second kappa shape index (κ2) is 73.9. The fourth-order valence-corrected chi connectivity index (χ4v) is 14.2. The molecule has 100 heavy (non-hydrogen) atoms. The number of phosphoric acid groups is 2. The highest BCUT2D eigenvalue weighted by Crippen LogP contribution is 2.45. The van der Waals surface area contributed by atoms with Gasteiger partial charge in [-0.1, -0.05) is 381 Å². The van der Waals surface area contributed by atoms with Crippen molar-refractivity contribution in [2.24, 2.45) is 5.92 Å². The number of esters is 4. The van der Waals surface area contributed by atoms with Crippen molar-refractivity contribution in [1.82, 2.24) is 0 Å². The third-order valence-electron chi connectivity index (χ3n) is 19.0. The summed E-state index contributed by atoms with van der Waals surface area (Å²) in [5.74, 6) is -1.43. The summed E-state index contributed by atoms with van der Waals surface area (Å²) in [6.45, 7) is 7.23. The molecule has 0 bridgehead atoms. The quantitative estimate of drug-likeness (QED) is 0.0222. The van der Waals surface area contributed by atoms with E-state index in [-0.39, 0.29) is 25.7 Å². The highest BCUT2D eigenvalue weighted by Gasteiger charge is 2.30. The molecule has 0 aromatic rings. The molecular formula is C81H158O17P2. The van der Waals surface area contributed by atoms with Crippen LogP contribution < -0.4 is 0 Å². The smallest absolute Gasteiger partial charge is 0.462 e. The third-order valence-corrected chi connectivity index (χ3v) is 20.9. The van der Waals surface area contributed by atoms with Gasteiger partial charge in [-0.15, -0.1) is 0 Å². The number of unbranched alkanes of at least 4 members (excludes halogenated alkanes) is 53. The molecule has 0 heterocycles. The van der Waals surface area contributed by atoms with E-state index in [1.54, 1.807) is 0 Å². The Labute approximate surface area is 613 Å². The van der Waals surface area contributed by atoms with Crippen LogP contribution in [0.4, 0.5) is 0 Å².